The summed E-state index contributed by atoms with van der Waals surface area (Å²) in [4.78, 5) is 0. The lowest BCUT2D eigenvalue weighted by Crippen LogP contribution is -2.10. The van der Waals surface area contributed by atoms with Gasteiger partial charge in [0.2, 0.25) is 4.77 Å². The van der Waals surface area contributed by atoms with Gasteiger partial charge in [0.25, 0.3) is 0 Å². The van der Waals surface area contributed by atoms with Crippen LogP contribution in [0.2, 0.25) is 0 Å². The summed E-state index contributed by atoms with van der Waals surface area (Å²) in [5, 5.41) is 10.9. The first-order valence-electron chi connectivity index (χ1n) is 8.25. The van der Waals surface area contributed by atoms with Crippen LogP contribution in [0.4, 0.5) is 13.2 Å². The Kier molecular flexibility index (Phi) is 5.78. The molecule has 0 atom stereocenters. The Morgan fingerprint density at radius 1 is 1.18 bits per heavy atom. The number of hydrogen-bond acceptors (Lipinski definition) is 5. The van der Waals surface area contributed by atoms with Crippen molar-refractivity contribution < 1.29 is 17.9 Å². The minimum atomic E-state index is -4.37. The zero-order chi connectivity index (χ0) is 20.1. The molecule has 0 aliphatic rings. The molecule has 2 N–H and O–H groups in total. The lowest BCUT2D eigenvalue weighted by atomic mass is 10.1. The van der Waals surface area contributed by atoms with Crippen LogP contribution in [0.3, 0.4) is 0 Å². The van der Waals surface area contributed by atoms with Gasteiger partial charge in [0, 0.05) is 5.56 Å². The van der Waals surface area contributed by atoms with Gasteiger partial charge in [0.15, 0.2) is 5.82 Å². The largest absolute Gasteiger partial charge is 0.494 e. The highest BCUT2D eigenvalue weighted by molar-refractivity contribution is 7.71. The molecular weight excluding hydrogens is 391 g/mol. The third-order valence-corrected chi connectivity index (χ3v) is 3.98. The predicted molar refractivity (Wildman–Crippen MR) is 102 cm³/mol. The van der Waals surface area contributed by atoms with Crippen LogP contribution in [0.1, 0.15) is 18.1 Å². The van der Waals surface area contributed by atoms with E-state index in [2.05, 4.69) is 20.8 Å². The fourth-order valence-electron chi connectivity index (χ4n) is 2.37. The van der Waals surface area contributed by atoms with Crippen molar-refractivity contribution in [1.82, 2.24) is 14.9 Å². The van der Waals surface area contributed by atoms with Crippen molar-refractivity contribution in [3.63, 3.8) is 0 Å². The lowest BCUT2D eigenvalue weighted by Gasteiger charge is -2.07. The second-order valence-electron chi connectivity index (χ2n) is 5.62. The van der Waals surface area contributed by atoms with E-state index in [1.165, 1.54) is 23.0 Å². The van der Waals surface area contributed by atoms with Gasteiger partial charge in [-0.1, -0.05) is 12.1 Å². The van der Waals surface area contributed by atoms with E-state index >= 15 is 0 Å². The Morgan fingerprint density at radius 3 is 2.46 bits per heavy atom. The van der Waals surface area contributed by atoms with Crippen molar-refractivity contribution in [3.8, 4) is 17.1 Å². The molecule has 0 aliphatic heterocycles. The number of hydrazone groups is 1. The fraction of sp³-hybridized carbons (Fsp3) is 0.167. The SMILES string of the molecule is CCOc1ccc(-c2n[nH]c(=S)n2NN=Cc2ccc(C(F)(F)F)cc2)cc1. The highest BCUT2D eigenvalue weighted by atomic mass is 32.1. The first kappa shape index (κ1) is 19.6. The Morgan fingerprint density at radius 2 is 1.86 bits per heavy atom. The number of ether oxygens (including phenoxy) is 1. The number of nitrogens with one attached hydrogen (secondary N) is 2. The van der Waals surface area contributed by atoms with Gasteiger partial charge in [-0.3, -0.25) is 0 Å². The van der Waals surface area contributed by atoms with E-state index in [4.69, 9.17) is 17.0 Å². The van der Waals surface area contributed by atoms with Crippen molar-refractivity contribution in [1.29, 1.82) is 0 Å². The van der Waals surface area contributed by atoms with Crippen molar-refractivity contribution >= 4 is 18.4 Å². The number of H-pyrrole nitrogens is 1. The van der Waals surface area contributed by atoms with E-state index in [0.29, 0.717) is 18.0 Å². The molecule has 1 heterocycles. The number of rotatable bonds is 6. The molecule has 10 heteroatoms. The Labute approximate surface area is 163 Å². The van der Waals surface area contributed by atoms with Crippen molar-refractivity contribution in [3.05, 3.63) is 64.4 Å². The summed E-state index contributed by atoms with van der Waals surface area (Å²) in [7, 11) is 0. The molecule has 0 saturated carbocycles. The number of benzene rings is 2. The predicted octanol–water partition coefficient (Wildman–Crippen LogP) is 4.60. The zero-order valence-corrected chi connectivity index (χ0v) is 15.5. The van der Waals surface area contributed by atoms with Crippen LogP contribution in [-0.2, 0) is 6.18 Å². The minimum absolute atomic E-state index is 0.286. The molecule has 0 fully saturated rings. The maximum absolute atomic E-state index is 12.6. The van der Waals surface area contributed by atoms with E-state index in [0.717, 1.165) is 23.4 Å². The van der Waals surface area contributed by atoms with Gasteiger partial charge in [0.05, 0.1) is 18.4 Å². The van der Waals surface area contributed by atoms with Gasteiger partial charge in [0.1, 0.15) is 5.75 Å². The third-order valence-electron chi connectivity index (χ3n) is 3.71. The number of halogens is 3. The summed E-state index contributed by atoms with van der Waals surface area (Å²) in [5.74, 6) is 1.23. The highest BCUT2D eigenvalue weighted by Gasteiger charge is 2.29. The quantitative estimate of drug-likeness (QED) is 0.356. The minimum Gasteiger partial charge on any atom is -0.494 e. The zero-order valence-electron chi connectivity index (χ0n) is 14.7. The molecule has 2 aromatic carbocycles. The molecule has 0 radical (unpaired) electrons. The van der Waals surface area contributed by atoms with Gasteiger partial charge in [-0.05, 0) is 61.1 Å². The van der Waals surface area contributed by atoms with Crippen LogP contribution in [-0.4, -0.2) is 27.7 Å². The van der Waals surface area contributed by atoms with Crippen molar-refractivity contribution in [2.45, 2.75) is 13.1 Å². The van der Waals surface area contributed by atoms with Crippen LogP contribution in [0.25, 0.3) is 11.4 Å². The monoisotopic (exact) mass is 407 g/mol. The van der Waals surface area contributed by atoms with Crippen LogP contribution in [0, 0.1) is 4.77 Å². The smallest absolute Gasteiger partial charge is 0.416 e. The summed E-state index contributed by atoms with van der Waals surface area (Å²) in [5.41, 5.74) is 3.28. The van der Waals surface area contributed by atoms with Crippen LogP contribution in [0.5, 0.6) is 5.75 Å². The lowest BCUT2D eigenvalue weighted by molar-refractivity contribution is -0.137. The summed E-state index contributed by atoms with van der Waals surface area (Å²) in [6.07, 6.45) is -2.98. The number of aromatic nitrogens is 3. The average molecular weight is 407 g/mol. The van der Waals surface area contributed by atoms with E-state index in [1.54, 1.807) is 0 Å². The number of alkyl halides is 3. The van der Waals surface area contributed by atoms with Crippen LogP contribution in [0.15, 0.2) is 53.6 Å². The Hall–Kier alpha value is -3.14. The topological polar surface area (TPSA) is 67.2 Å². The fourth-order valence-corrected chi connectivity index (χ4v) is 2.54. The Balaban J connectivity index is 1.75. The van der Waals surface area contributed by atoms with Gasteiger partial charge < -0.3 is 4.74 Å². The summed E-state index contributed by atoms with van der Waals surface area (Å²) < 4.78 is 44.9. The molecule has 3 aromatic rings. The summed E-state index contributed by atoms with van der Waals surface area (Å²) >= 11 is 5.19. The second kappa shape index (κ2) is 8.26. The summed E-state index contributed by atoms with van der Waals surface area (Å²) in [6, 6.07) is 11.9. The highest BCUT2D eigenvalue weighted by Crippen LogP contribution is 2.28. The van der Waals surface area contributed by atoms with E-state index < -0.39 is 11.7 Å². The average Bonchev–Trinajstić information content (AvgIpc) is 3.03. The second-order valence-corrected chi connectivity index (χ2v) is 6.01. The van der Waals surface area contributed by atoms with E-state index in [9.17, 15) is 13.2 Å². The third kappa shape index (κ3) is 4.58. The van der Waals surface area contributed by atoms with Gasteiger partial charge in [-0.25, -0.2) is 10.6 Å². The normalized spacial score (nSPS) is 11.7. The van der Waals surface area contributed by atoms with Gasteiger partial charge in [-0.15, -0.1) is 0 Å². The van der Waals surface area contributed by atoms with Crippen molar-refractivity contribution in [2.75, 3.05) is 12.1 Å². The first-order valence-corrected chi connectivity index (χ1v) is 8.66. The Bertz CT molecular complexity index is 1010. The number of hydrogen-bond donors (Lipinski definition) is 2. The van der Waals surface area contributed by atoms with Crippen LogP contribution >= 0.6 is 12.2 Å². The van der Waals surface area contributed by atoms with Crippen molar-refractivity contribution in [2.24, 2.45) is 5.10 Å². The molecule has 0 aliphatic carbocycles. The molecule has 0 saturated heterocycles. The first-order chi connectivity index (χ1) is 13.4. The molecular formula is C18H16F3N5OS. The standard InChI is InChI=1S/C18H16F3N5OS/c1-2-27-15-9-5-13(6-10-15)16-23-24-17(28)26(16)25-22-11-12-3-7-14(8-4-12)18(19,20)21/h3-11,25H,2H2,1H3,(H,24,28). The molecule has 28 heavy (non-hydrogen) atoms. The maximum Gasteiger partial charge on any atom is 0.416 e. The number of aromatic amines is 1. The van der Waals surface area contributed by atoms with E-state index in [-0.39, 0.29) is 4.77 Å². The molecule has 6 nitrogen and oxygen atoms in total. The van der Waals surface area contributed by atoms with Crippen LogP contribution < -0.4 is 10.3 Å². The van der Waals surface area contributed by atoms with Gasteiger partial charge >= 0.3 is 6.18 Å². The number of nitrogens with zero attached hydrogens (tertiary/aromatic N) is 3. The van der Waals surface area contributed by atoms with Gasteiger partial charge in [-0.2, -0.15) is 28.0 Å². The molecule has 0 spiro atoms. The molecule has 0 bridgehead atoms. The molecule has 0 amide bonds. The van der Waals surface area contributed by atoms with E-state index in [1.807, 2.05) is 31.2 Å². The molecule has 3 rings (SSSR count). The molecule has 1 aromatic heterocycles. The molecule has 146 valence electrons. The summed E-state index contributed by atoms with van der Waals surface area (Å²) in [6.45, 7) is 2.47. The maximum atomic E-state index is 12.6. The molecule has 0 unspecified atom stereocenters.